The summed E-state index contributed by atoms with van der Waals surface area (Å²) in [5.41, 5.74) is -0.0742. The largest absolute Gasteiger partial charge is 0.465 e. The Balaban J connectivity index is 2.36. The Labute approximate surface area is 121 Å². The van der Waals surface area contributed by atoms with E-state index in [1.165, 1.54) is 43.5 Å². The zero-order chi connectivity index (χ0) is 15.5. The summed E-state index contributed by atoms with van der Waals surface area (Å²) in [5.74, 6) is -1.34. The topological polar surface area (TPSA) is 72.5 Å². The van der Waals surface area contributed by atoms with Crippen LogP contribution in [0, 0.1) is 5.82 Å². The molecule has 0 amide bonds. The molecule has 0 unspecified atom stereocenters. The zero-order valence-corrected chi connectivity index (χ0v) is 11.9. The number of anilines is 1. The van der Waals surface area contributed by atoms with Gasteiger partial charge in [0.05, 0.1) is 23.3 Å². The third-order valence-electron chi connectivity index (χ3n) is 2.68. The Morgan fingerprint density at radius 1 is 1.14 bits per heavy atom. The molecule has 0 spiro atoms. The van der Waals surface area contributed by atoms with Crippen LogP contribution < -0.4 is 4.72 Å². The van der Waals surface area contributed by atoms with Crippen LogP contribution in [0.15, 0.2) is 53.4 Å². The normalized spacial score (nSPS) is 11.0. The van der Waals surface area contributed by atoms with Gasteiger partial charge in [0, 0.05) is 0 Å². The molecule has 21 heavy (non-hydrogen) atoms. The predicted octanol–water partition coefficient (Wildman–Crippen LogP) is 2.41. The predicted molar refractivity (Wildman–Crippen MR) is 75.0 cm³/mol. The Kier molecular flexibility index (Phi) is 4.23. The molecule has 2 aromatic rings. The fourth-order valence-corrected chi connectivity index (χ4v) is 2.77. The molecule has 0 heterocycles. The third-order valence-corrected chi connectivity index (χ3v) is 4.05. The molecule has 5 nitrogen and oxygen atoms in total. The van der Waals surface area contributed by atoms with Crippen LogP contribution in [0.1, 0.15) is 10.4 Å². The van der Waals surface area contributed by atoms with Crippen LogP contribution in [0.3, 0.4) is 0 Å². The number of ether oxygens (including phenoxy) is 1. The van der Waals surface area contributed by atoms with Crippen LogP contribution >= 0.6 is 0 Å². The van der Waals surface area contributed by atoms with E-state index >= 15 is 0 Å². The fraction of sp³-hybridized carbons (Fsp3) is 0.0714. The number of nitrogens with one attached hydrogen (secondary N) is 1. The van der Waals surface area contributed by atoms with Crippen LogP contribution in [0.5, 0.6) is 0 Å². The van der Waals surface area contributed by atoms with Crippen LogP contribution in [-0.2, 0) is 14.8 Å². The third kappa shape index (κ3) is 3.38. The first kappa shape index (κ1) is 15.0. The SMILES string of the molecule is COC(=O)c1cccc(S(=O)(=O)Nc2ccccc2F)c1. The van der Waals surface area contributed by atoms with Crippen LogP contribution in [-0.4, -0.2) is 21.5 Å². The number of sulfonamides is 1. The maximum atomic E-state index is 13.5. The Bertz CT molecular complexity index is 774. The molecule has 0 aliphatic heterocycles. The van der Waals surface area contributed by atoms with Crippen LogP contribution in [0.2, 0.25) is 0 Å². The standard InChI is InChI=1S/C14H12FNO4S/c1-20-14(17)10-5-4-6-11(9-10)21(18,19)16-13-8-3-2-7-12(13)15/h2-9,16H,1H3. The molecule has 110 valence electrons. The maximum absolute atomic E-state index is 13.5. The van der Waals surface area contributed by atoms with Crippen molar-refractivity contribution < 1.29 is 22.3 Å². The lowest BCUT2D eigenvalue weighted by atomic mass is 10.2. The summed E-state index contributed by atoms with van der Waals surface area (Å²) in [6, 6.07) is 10.7. The van der Waals surface area contributed by atoms with Gasteiger partial charge in [0.25, 0.3) is 10.0 Å². The first-order valence-corrected chi connectivity index (χ1v) is 7.38. The van der Waals surface area contributed by atoms with Gasteiger partial charge in [0.15, 0.2) is 0 Å². The first-order chi connectivity index (χ1) is 9.94. The quantitative estimate of drug-likeness (QED) is 0.880. The number of para-hydroxylation sites is 1. The van der Waals surface area contributed by atoms with Gasteiger partial charge < -0.3 is 4.74 Å². The second-order valence-corrected chi connectivity index (χ2v) is 5.79. The van der Waals surface area contributed by atoms with Crippen molar-refractivity contribution in [1.82, 2.24) is 0 Å². The number of hydrogen-bond acceptors (Lipinski definition) is 4. The van der Waals surface area contributed by atoms with E-state index in [9.17, 15) is 17.6 Å². The van der Waals surface area contributed by atoms with Gasteiger partial charge in [-0.05, 0) is 30.3 Å². The van der Waals surface area contributed by atoms with E-state index in [2.05, 4.69) is 9.46 Å². The van der Waals surface area contributed by atoms with Gasteiger partial charge in [-0.2, -0.15) is 0 Å². The summed E-state index contributed by atoms with van der Waals surface area (Å²) < 4.78 is 44.5. The molecule has 0 atom stereocenters. The van der Waals surface area contributed by atoms with E-state index in [-0.39, 0.29) is 16.1 Å². The summed E-state index contributed by atoms with van der Waals surface area (Å²) in [6.45, 7) is 0. The highest BCUT2D eigenvalue weighted by molar-refractivity contribution is 7.92. The van der Waals surface area contributed by atoms with Crippen molar-refractivity contribution in [2.75, 3.05) is 11.8 Å². The number of esters is 1. The highest BCUT2D eigenvalue weighted by atomic mass is 32.2. The van der Waals surface area contributed by atoms with Crippen LogP contribution in [0.25, 0.3) is 0 Å². The summed E-state index contributed by atoms with van der Waals surface area (Å²) in [7, 11) is -2.80. The second kappa shape index (κ2) is 5.92. The molecule has 0 saturated carbocycles. The number of rotatable bonds is 4. The lowest BCUT2D eigenvalue weighted by Crippen LogP contribution is -2.14. The van der Waals surface area contributed by atoms with Gasteiger partial charge in [-0.1, -0.05) is 18.2 Å². The lowest BCUT2D eigenvalue weighted by molar-refractivity contribution is 0.0600. The number of carbonyl (C=O) groups excluding carboxylic acids is 1. The number of halogens is 1. The van der Waals surface area contributed by atoms with E-state index in [1.807, 2.05) is 0 Å². The Morgan fingerprint density at radius 2 is 1.86 bits per heavy atom. The molecular formula is C14H12FNO4S. The molecule has 0 aromatic heterocycles. The Morgan fingerprint density at radius 3 is 2.52 bits per heavy atom. The van der Waals surface area contributed by atoms with Crippen molar-refractivity contribution >= 4 is 21.7 Å². The van der Waals surface area contributed by atoms with E-state index in [1.54, 1.807) is 0 Å². The van der Waals surface area contributed by atoms with Gasteiger partial charge >= 0.3 is 5.97 Å². The molecule has 0 radical (unpaired) electrons. The van der Waals surface area contributed by atoms with Crippen molar-refractivity contribution in [3.63, 3.8) is 0 Å². The van der Waals surface area contributed by atoms with Crippen molar-refractivity contribution in [1.29, 1.82) is 0 Å². The molecule has 0 bridgehead atoms. The average molecular weight is 309 g/mol. The van der Waals surface area contributed by atoms with E-state index < -0.39 is 21.8 Å². The van der Waals surface area contributed by atoms with Crippen molar-refractivity contribution in [2.24, 2.45) is 0 Å². The second-order valence-electron chi connectivity index (χ2n) is 4.10. The summed E-state index contributed by atoms with van der Waals surface area (Å²) in [4.78, 5) is 11.2. The van der Waals surface area contributed by atoms with Gasteiger partial charge in [0.2, 0.25) is 0 Å². The van der Waals surface area contributed by atoms with E-state index in [4.69, 9.17) is 0 Å². The van der Waals surface area contributed by atoms with E-state index in [0.29, 0.717) is 0 Å². The average Bonchev–Trinajstić information content (AvgIpc) is 2.49. The number of carbonyl (C=O) groups is 1. The van der Waals surface area contributed by atoms with Crippen molar-refractivity contribution in [3.8, 4) is 0 Å². The van der Waals surface area contributed by atoms with Gasteiger partial charge in [-0.3, -0.25) is 4.72 Å². The maximum Gasteiger partial charge on any atom is 0.337 e. The smallest absolute Gasteiger partial charge is 0.337 e. The van der Waals surface area contributed by atoms with Crippen LogP contribution in [0.4, 0.5) is 10.1 Å². The number of hydrogen-bond donors (Lipinski definition) is 1. The molecule has 7 heteroatoms. The van der Waals surface area contributed by atoms with E-state index in [0.717, 1.165) is 12.1 Å². The number of methoxy groups -OCH3 is 1. The highest BCUT2D eigenvalue weighted by Crippen LogP contribution is 2.19. The lowest BCUT2D eigenvalue weighted by Gasteiger charge is -2.09. The zero-order valence-electron chi connectivity index (χ0n) is 11.0. The highest BCUT2D eigenvalue weighted by Gasteiger charge is 2.18. The first-order valence-electron chi connectivity index (χ1n) is 5.90. The summed E-state index contributed by atoms with van der Waals surface area (Å²) >= 11 is 0. The molecule has 0 aliphatic rings. The fourth-order valence-electron chi connectivity index (χ4n) is 1.66. The minimum atomic E-state index is -4.00. The molecule has 1 N–H and O–H groups in total. The molecule has 0 aliphatic carbocycles. The molecular weight excluding hydrogens is 297 g/mol. The summed E-state index contributed by atoms with van der Waals surface area (Å²) in [6.07, 6.45) is 0. The molecule has 0 saturated heterocycles. The number of benzene rings is 2. The van der Waals surface area contributed by atoms with Gasteiger partial charge in [-0.15, -0.1) is 0 Å². The van der Waals surface area contributed by atoms with Crippen molar-refractivity contribution in [3.05, 3.63) is 59.9 Å². The van der Waals surface area contributed by atoms with Gasteiger partial charge in [0.1, 0.15) is 5.82 Å². The minimum absolute atomic E-state index is 0.0916. The minimum Gasteiger partial charge on any atom is -0.465 e. The summed E-state index contributed by atoms with van der Waals surface area (Å²) in [5, 5.41) is 0. The van der Waals surface area contributed by atoms with Crippen molar-refractivity contribution in [2.45, 2.75) is 4.90 Å². The molecule has 0 fully saturated rings. The van der Waals surface area contributed by atoms with Gasteiger partial charge in [-0.25, -0.2) is 17.6 Å². The molecule has 2 aromatic carbocycles. The monoisotopic (exact) mass is 309 g/mol. The molecule has 2 rings (SSSR count). The Hall–Kier alpha value is -2.41.